The van der Waals surface area contributed by atoms with Crippen LogP contribution in [-0.4, -0.2) is 99.5 Å². The number of aromatic nitrogens is 3. The van der Waals surface area contributed by atoms with Gasteiger partial charge in [0.25, 0.3) is 12.9 Å². The highest BCUT2D eigenvalue weighted by Gasteiger charge is 2.31. The lowest BCUT2D eigenvalue weighted by Crippen LogP contribution is -2.52. The van der Waals surface area contributed by atoms with Crippen LogP contribution in [-0.2, 0) is 9.59 Å². The fraction of sp³-hybridized carbons (Fsp3) is 0.323. The predicted octanol–water partition coefficient (Wildman–Crippen LogP) is 3.28. The molecule has 12 nitrogen and oxygen atoms in total. The third-order valence-corrected chi connectivity index (χ3v) is 7.96. The van der Waals surface area contributed by atoms with E-state index in [-0.39, 0.29) is 54.0 Å². The molecule has 2 fully saturated rings. The average Bonchev–Trinajstić information content (AvgIpc) is 3.59. The molecule has 4 N–H and O–H groups in total. The standard InChI is InChI=1S/C29H29FN6O2.2CH2O2/c1-35-10-4-6-20(35)16-38-29-33-27-24(28(34-29)36-14-18-8-9-19(15-36)32-18)13-31-26(25(27)30)23-12-21(37)11-17-5-2-3-7-22(17)23;2*2-1-3/h2-3,5,7-9,11-13,18-20,32,37H,4,6,10,14-16H2,1H3;2*1H,(H,2,3)/t18-,19+,20-;;/m0../s1. The molecule has 2 aromatic heterocycles. The van der Waals surface area contributed by atoms with Crippen LogP contribution < -0.4 is 15.0 Å². The second-order valence-electron chi connectivity index (χ2n) is 10.7. The maximum atomic E-state index is 16.4. The molecule has 0 spiro atoms. The van der Waals surface area contributed by atoms with Crippen LogP contribution in [0.4, 0.5) is 10.2 Å². The first-order chi connectivity index (χ1) is 21.4. The Morgan fingerprint density at radius 3 is 2.45 bits per heavy atom. The Bertz CT molecular complexity index is 1670. The van der Waals surface area contributed by atoms with Crippen molar-refractivity contribution in [3.8, 4) is 23.0 Å². The molecular weight excluding hydrogens is 571 g/mol. The molecule has 230 valence electrons. The first-order valence-electron chi connectivity index (χ1n) is 14.1. The summed E-state index contributed by atoms with van der Waals surface area (Å²) in [6.07, 6.45) is 8.17. The molecule has 3 aliphatic rings. The highest BCUT2D eigenvalue weighted by atomic mass is 19.1. The Labute approximate surface area is 252 Å². The van der Waals surface area contributed by atoms with Crippen LogP contribution in [0.1, 0.15) is 12.8 Å². The van der Waals surface area contributed by atoms with Crippen LogP contribution in [0.25, 0.3) is 32.9 Å². The predicted molar refractivity (Wildman–Crippen MR) is 162 cm³/mol. The van der Waals surface area contributed by atoms with Crippen LogP contribution in [0.3, 0.4) is 0 Å². The molecule has 3 aliphatic heterocycles. The second-order valence-corrected chi connectivity index (χ2v) is 10.7. The zero-order valence-electron chi connectivity index (χ0n) is 24.0. The number of nitrogens with zero attached hydrogens (tertiary/aromatic N) is 5. The minimum absolute atomic E-state index is 0.0527. The maximum Gasteiger partial charge on any atom is 0.319 e. The number of likely N-dealkylation sites (N-methyl/N-ethyl adjacent to an activating group) is 1. The van der Waals surface area contributed by atoms with Gasteiger partial charge in [-0.25, -0.2) is 4.39 Å². The van der Waals surface area contributed by atoms with E-state index in [1.54, 1.807) is 18.3 Å². The van der Waals surface area contributed by atoms with Crippen molar-refractivity contribution in [1.82, 2.24) is 25.2 Å². The zero-order chi connectivity index (χ0) is 31.2. The number of halogens is 1. The van der Waals surface area contributed by atoms with Crippen molar-refractivity contribution in [1.29, 1.82) is 0 Å². The Hall–Kier alpha value is -4.88. The molecule has 2 saturated heterocycles. The lowest BCUT2D eigenvalue weighted by atomic mass is 10.00. The molecule has 0 aliphatic carbocycles. The third kappa shape index (κ3) is 6.38. The summed E-state index contributed by atoms with van der Waals surface area (Å²) in [6, 6.07) is 11.7. The van der Waals surface area contributed by atoms with Gasteiger partial charge < -0.3 is 35.2 Å². The summed E-state index contributed by atoms with van der Waals surface area (Å²) in [5.41, 5.74) is 0.818. The minimum atomic E-state index is -0.555. The zero-order valence-corrected chi connectivity index (χ0v) is 24.0. The van der Waals surface area contributed by atoms with Crippen LogP contribution in [0.5, 0.6) is 11.8 Å². The number of aromatic hydroxyl groups is 1. The summed E-state index contributed by atoms with van der Waals surface area (Å²) >= 11 is 0. The van der Waals surface area contributed by atoms with E-state index in [0.29, 0.717) is 36.5 Å². The van der Waals surface area contributed by atoms with E-state index in [1.807, 2.05) is 24.3 Å². The lowest BCUT2D eigenvalue weighted by Gasteiger charge is -2.34. The van der Waals surface area contributed by atoms with Crippen molar-refractivity contribution in [3.05, 3.63) is 60.6 Å². The van der Waals surface area contributed by atoms with Crippen molar-refractivity contribution < 1.29 is 34.0 Å². The van der Waals surface area contributed by atoms with Crippen LogP contribution in [0.2, 0.25) is 0 Å². The largest absolute Gasteiger partial charge is 0.508 e. The van der Waals surface area contributed by atoms with Gasteiger partial charge in [0, 0.05) is 43.0 Å². The minimum Gasteiger partial charge on any atom is -0.508 e. The first kappa shape index (κ1) is 30.6. The number of pyridine rings is 1. The maximum absolute atomic E-state index is 16.4. The van der Waals surface area contributed by atoms with Crippen molar-refractivity contribution in [2.24, 2.45) is 0 Å². The van der Waals surface area contributed by atoms with E-state index >= 15 is 4.39 Å². The number of carboxylic acid groups (broad SMARTS) is 2. The average molecular weight is 605 g/mol. The number of ether oxygens (including phenoxy) is 1. The molecule has 2 aromatic carbocycles. The van der Waals surface area contributed by atoms with E-state index < -0.39 is 5.82 Å². The molecule has 4 aromatic rings. The lowest BCUT2D eigenvalue weighted by molar-refractivity contribution is -0.123. The quantitative estimate of drug-likeness (QED) is 0.195. The number of phenols is 1. The molecule has 0 radical (unpaired) electrons. The summed E-state index contributed by atoms with van der Waals surface area (Å²) in [7, 11) is 2.09. The third-order valence-electron chi connectivity index (χ3n) is 7.96. The Morgan fingerprint density at radius 2 is 1.77 bits per heavy atom. The normalized spacial score (nSPS) is 20.5. The van der Waals surface area contributed by atoms with E-state index in [0.717, 1.165) is 30.2 Å². The number of benzene rings is 2. The summed E-state index contributed by atoms with van der Waals surface area (Å²) in [6.45, 7) is 2.41. The van der Waals surface area contributed by atoms with Crippen LogP contribution >= 0.6 is 0 Å². The van der Waals surface area contributed by atoms with Gasteiger partial charge in [0.2, 0.25) is 0 Å². The van der Waals surface area contributed by atoms with Crippen molar-refractivity contribution >= 4 is 40.4 Å². The highest BCUT2D eigenvalue weighted by Crippen LogP contribution is 2.37. The summed E-state index contributed by atoms with van der Waals surface area (Å²) in [5, 5.41) is 29.8. The first-order valence-corrected chi connectivity index (χ1v) is 14.1. The molecule has 7 rings (SSSR count). The van der Waals surface area contributed by atoms with Gasteiger partial charge in [0.1, 0.15) is 29.4 Å². The molecule has 44 heavy (non-hydrogen) atoms. The Kier molecular flexibility index (Phi) is 9.46. The van der Waals surface area contributed by atoms with Gasteiger partial charge in [-0.3, -0.25) is 14.6 Å². The van der Waals surface area contributed by atoms with Gasteiger partial charge in [-0.05, 0) is 49.3 Å². The van der Waals surface area contributed by atoms with Gasteiger partial charge in [0.15, 0.2) is 5.82 Å². The number of hydrogen-bond acceptors (Lipinski definition) is 10. The van der Waals surface area contributed by atoms with E-state index in [4.69, 9.17) is 29.5 Å². The van der Waals surface area contributed by atoms with Gasteiger partial charge in [-0.1, -0.05) is 36.4 Å². The van der Waals surface area contributed by atoms with Crippen molar-refractivity contribution in [2.45, 2.75) is 31.0 Å². The number of carbonyl (C=O) groups is 2. The Balaban J connectivity index is 0.000000594. The number of phenolic OH excluding ortho intramolecular Hbond substituents is 1. The molecule has 3 atom stereocenters. The number of fused-ring (bicyclic) bond motifs is 4. The van der Waals surface area contributed by atoms with Gasteiger partial charge in [-0.2, -0.15) is 9.97 Å². The van der Waals surface area contributed by atoms with Crippen LogP contribution in [0, 0.1) is 5.82 Å². The molecule has 5 heterocycles. The topological polar surface area (TPSA) is 161 Å². The van der Waals surface area contributed by atoms with Crippen molar-refractivity contribution in [3.63, 3.8) is 0 Å². The van der Waals surface area contributed by atoms with Gasteiger partial charge in [-0.15, -0.1) is 0 Å². The molecule has 0 amide bonds. The number of anilines is 1. The monoisotopic (exact) mass is 604 g/mol. The molecule has 0 saturated carbocycles. The fourth-order valence-corrected chi connectivity index (χ4v) is 5.97. The number of likely N-dealkylation sites (tertiary alicyclic amines) is 1. The van der Waals surface area contributed by atoms with E-state index in [1.165, 1.54) is 0 Å². The molecule has 0 unspecified atom stereocenters. The van der Waals surface area contributed by atoms with Crippen LogP contribution in [0.15, 0.2) is 54.7 Å². The summed E-state index contributed by atoms with van der Waals surface area (Å²) in [5.74, 6) is 0.126. The second kappa shape index (κ2) is 13.6. The number of rotatable bonds is 5. The smallest absolute Gasteiger partial charge is 0.319 e. The molecule has 2 bridgehead atoms. The SMILES string of the molecule is CN1CCC[C@H]1COc1nc(N2C[C@H]3C=C[C@@H](C2)N3)c2cnc(-c3cc(O)cc4ccccc34)c(F)c2n1.O=CO.O=CO. The summed E-state index contributed by atoms with van der Waals surface area (Å²) < 4.78 is 22.5. The number of nitrogens with one attached hydrogen (secondary N) is 1. The summed E-state index contributed by atoms with van der Waals surface area (Å²) in [4.78, 5) is 35.1. The Morgan fingerprint density at radius 1 is 1.07 bits per heavy atom. The van der Waals surface area contributed by atoms with E-state index in [9.17, 15) is 5.11 Å². The number of piperazine rings is 1. The van der Waals surface area contributed by atoms with Gasteiger partial charge in [0.05, 0.1) is 5.39 Å². The fourth-order valence-electron chi connectivity index (χ4n) is 5.97. The number of hydrogen-bond donors (Lipinski definition) is 4. The highest BCUT2D eigenvalue weighted by molar-refractivity contribution is 5.99. The van der Waals surface area contributed by atoms with Crippen molar-refractivity contribution in [2.75, 3.05) is 38.2 Å². The molecule has 13 heteroatoms. The van der Waals surface area contributed by atoms with Gasteiger partial charge >= 0.3 is 6.01 Å². The molecular formula is C31H33FN6O6. The van der Waals surface area contributed by atoms with E-state index in [2.05, 4.69) is 44.3 Å².